The number of nitrogens with two attached hydrogens (primary N) is 1. The first-order chi connectivity index (χ1) is 15.9. The molecule has 3 aliphatic carbocycles. The van der Waals surface area contributed by atoms with Crippen LogP contribution in [0.2, 0.25) is 0 Å². The number of rotatable bonds is 5. The maximum atomic E-state index is 13.5. The average molecular weight is 471 g/mol. The molecule has 0 radical (unpaired) electrons. The van der Waals surface area contributed by atoms with Crippen LogP contribution in [0, 0.1) is 11.8 Å². The van der Waals surface area contributed by atoms with Gasteiger partial charge in [-0.15, -0.1) is 0 Å². The van der Waals surface area contributed by atoms with E-state index in [1.165, 1.54) is 6.07 Å². The minimum atomic E-state index is -2.59. The van der Waals surface area contributed by atoms with Crippen molar-refractivity contribution in [2.75, 3.05) is 20.6 Å². The molecule has 1 saturated carbocycles. The highest BCUT2D eigenvalue weighted by atomic mass is 16.3. The van der Waals surface area contributed by atoms with Gasteiger partial charge in [-0.3, -0.25) is 19.2 Å². The number of primary amides is 1. The van der Waals surface area contributed by atoms with E-state index in [1.54, 1.807) is 6.07 Å². The molecule has 1 aromatic rings. The number of carbonyl (C=O) groups is 4. The summed E-state index contributed by atoms with van der Waals surface area (Å²) in [7, 11) is 3.69. The van der Waals surface area contributed by atoms with Gasteiger partial charge in [-0.2, -0.15) is 0 Å². The first kappa shape index (κ1) is 23.7. The highest BCUT2D eigenvalue weighted by molar-refractivity contribution is 6.22. The fraction of sp³-hybridized carbons (Fsp3) is 0.417. The number of hydrogen-bond donors (Lipinski definition) is 6. The van der Waals surface area contributed by atoms with Crippen LogP contribution in [0.25, 0.3) is 5.76 Å². The van der Waals surface area contributed by atoms with E-state index in [2.05, 4.69) is 0 Å². The quantitative estimate of drug-likeness (QED) is 0.286. The summed E-state index contributed by atoms with van der Waals surface area (Å²) < 4.78 is 0. The molecule has 3 atom stereocenters. The van der Waals surface area contributed by atoms with Gasteiger partial charge in [0, 0.05) is 24.3 Å². The fourth-order valence-corrected chi connectivity index (χ4v) is 5.52. The molecule has 34 heavy (non-hydrogen) atoms. The number of ketones is 3. The Labute approximate surface area is 195 Å². The van der Waals surface area contributed by atoms with Crippen molar-refractivity contribution in [3.05, 3.63) is 45.7 Å². The minimum absolute atomic E-state index is 0.00497. The number of likely N-dealkylation sites (N-methyl/N-ethyl adjacent to an activating group) is 1. The molecular formula is C24H27N2O8+. The molecule has 0 spiro atoms. The van der Waals surface area contributed by atoms with Crippen LogP contribution in [-0.4, -0.2) is 69.9 Å². The first-order valence-corrected chi connectivity index (χ1v) is 11.0. The summed E-state index contributed by atoms with van der Waals surface area (Å²) in [6.45, 7) is 0.287. The second-order valence-electron chi connectivity index (χ2n) is 9.60. The molecule has 10 nitrogen and oxygen atoms in total. The van der Waals surface area contributed by atoms with Gasteiger partial charge in [0.05, 0.1) is 19.7 Å². The Kier molecular flexibility index (Phi) is 5.61. The van der Waals surface area contributed by atoms with Gasteiger partial charge in [0.25, 0.3) is 5.91 Å². The molecule has 3 aliphatic rings. The van der Waals surface area contributed by atoms with Gasteiger partial charge in [0.1, 0.15) is 29.4 Å². The smallest absolute Gasteiger partial charge is 0.255 e. The summed E-state index contributed by atoms with van der Waals surface area (Å²) in [6.07, 6.45) is -0.0680. The molecule has 0 aromatic heterocycles. The molecule has 180 valence electrons. The lowest BCUT2D eigenvalue weighted by Crippen LogP contribution is -3.06. The maximum absolute atomic E-state index is 13.5. The Balaban J connectivity index is 1.84. The van der Waals surface area contributed by atoms with Crippen LogP contribution in [0.4, 0.5) is 0 Å². The fourth-order valence-electron chi connectivity index (χ4n) is 5.52. The Bertz CT molecular complexity index is 1210. The predicted molar refractivity (Wildman–Crippen MR) is 118 cm³/mol. The van der Waals surface area contributed by atoms with Crippen molar-refractivity contribution in [2.24, 2.45) is 17.6 Å². The number of phenolic OH excluding ortho intramolecular Hbond substituents is 1. The molecule has 7 N–H and O–H groups in total. The van der Waals surface area contributed by atoms with Gasteiger partial charge >= 0.3 is 0 Å². The summed E-state index contributed by atoms with van der Waals surface area (Å²) >= 11 is 0. The SMILES string of the molecule is C[NH+](C)CC(=O)Cc1ccc(O)c2c1C[C@H]1C[C@H]3CC(=O)C(C(N)=O)=C(O)[C@@]3(O)C(=O)C1=C2O. The number of aliphatic hydroxyl groups excluding tert-OH is 2. The molecule has 0 saturated heterocycles. The molecule has 0 unspecified atom stereocenters. The third kappa shape index (κ3) is 3.41. The van der Waals surface area contributed by atoms with Crippen molar-refractivity contribution in [3.63, 3.8) is 0 Å². The summed E-state index contributed by atoms with van der Waals surface area (Å²) in [5.41, 5.74) is 2.68. The number of aromatic hydroxyl groups is 1. The number of hydrogen-bond acceptors (Lipinski definition) is 8. The molecule has 0 heterocycles. The van der Waals surface area contributed by atoms with Gasteiger partial charge in [-0.1, -0.05) is 6.07 Å². The maximum Gasteiger partial charge on any atom is 0.255 e. The second-order valence-corrected chi connectivity index (χ2v) is 9.60. The number of fused-ring (bicyclic) bond motifs is 3. The zero-order valence-corrected chi connectivity index (χ0v) is 18.8. The number of Topliss-reactive ketones (excluding diaryl/α,β-unsaturated/α-hetero) is 3. The first-order valence-electron chi connectivity index (χ1n) is 11.0. The lowest BCUT2D eigenvalue weighted by molar-refractivity contribution is -0.849. The molecular weight excluding hydrogens is 444 g/mol. The van der Waals surface area contributed by atoms with E-state index >= 15 is 0 Å². The van der Waals surface area contributed by atoms with E-state index in [0.717, 1.165) is 4.90 Å². The zero-order chi connectivity index (χ0) is 25.1. The molecule has 4 rings (SSSR count). The number of benzene rings is 1. The molecule has 10 heteroatoms. The highest BCUT2D eigenvalue weighted by Crippen LogP contribution is 2.52. The van der Waals surface area contributed by atoms with E-state index < -0.39 is 52.0 Å². The van der Waals surface area contributed by atoms with Gasteiger partial charge in [0.2, 0.25) is 5.78 Å². The largest absolute Gasteiger partial charge is 0.508 e. The summed E-state index contributed by atoms with van der Waals surface area (Å²) in [4.78, 5) is 50.9. The van der Waals surface area contributed by atoms with Crippen LogP contribution in [0.1, 0.15) is 29.5 Å². The number of amides is 1. The Morgan fingerprint density at radius 3 is 2.44 bits per heavy atom. The normalized spacial score (nSPS) is 26.4. The van der Waals surface area contributed by atoms with E-state index in [9.17, 15) is 39.6 Å². The summed E-state index contributed by atoms with van der Waals surface area (Å²) in [5, 5.41) is 43.4. The third-order valence-corrected chi connectivity index (χ3v) is 6.98. The summed E-state index contributed by atoms with van der Waals surface area (Å²) in [6, 6.07) is 2.93. The van der Waals surface area contributed by atoms with Crippen molar-refractivity contribution < 1.29 is 44.5 Å². The van der Waals surface area contributed by atoms with E-state index in [0.29, 0.717) is 11.1 Å². The summed E-state index contributed by atoms with van der Waals surface area (Å²) in [5.74, 6) is -6.73. The van der Waals surface area contributed by atoms with E-state index in [-0.39, 0.29) is 54.9 Å². The van der Waals surface area contributed by atoms with Crippen molar-refractivity contribution in [1.82, 2.24) is 0 Å². The van der Waals surface area contributed by atoms with Crippen LogP contribution in [0.3, 0.4) is 0 Å². The van der Waals surface area contributed by atoms with Gasteiger partial charge in [-0.05, 0) is 36.0 Å². The molecule has 1 amide bonds. The molecule has 0 bridgehead atoms. The molecule has 1 fully saturated rings. The lowest BCUT2D eigenvalue weighted by atomic mass is 9.59. The van der Waals surface area contributed by atoms with Gasteiger partial charge in [0.15, 0.2) is 17.2 Å². The topological polar surface area (TPSA) is 180 Å². The number of quaternary nitrogens is 1. The highest BCUT2D eigenvalue weighted by Gasteiger charge is 2.60. The van der Waals surface area contributed by atoms with Crippen LogP contribution in [-0.2, 0) is 32.0 Å². The Hall–Kier alpha value is -3.50. The minimum Gasteiger partial charge on any atom is -0.508 e. The van der Waals surface area contributed by atoms with Crippen molar-refractivity contribution in [3.8, 4) is 5.75 Å². The van der Waals surface area contributed by atoms with Crippen molar-refractivity contribution in [2.45, 2.75) is 31.3 Å². The second kappa shape index (κ2) is 8.07. The Morgan fingerprint density at radius 1 is 1.15 bits per heavy atom. The van der Waals surface area contributed by atoms with E-state index in [4.69, 9.17) is 5.73 Å². The molecule has 1 aromatic carbocycles. The van der Waals surface area contributed by atoms with Crippen LogP contribution in [0.5, 0.6) is 5.75 Å². The number of nitrogens with one attached hydrogen (secondary N) is 1. The predicted octanol–water partition coefficient (Wildman–Crippen LogP) is -1.32. The van der Waals surface area contributed by atoms with Gasteiger partial charge < -0.3 is 31.1 Å². The average Bonchev–Trinajstić information content (AvgIpc) is 2.71. The van der Waals surface area contributed by atoms with Crippen molar-refractivity contribution >= 4 is 29.0 Å². The number of carbonyl (C=O) groups excluding carboxylic acids is 4. The third-order valence-electron chi connectivity index (χ3n) is 6.98. The van der Waals surface area contributed by atoms with Crippen LogP contribution in [0.15, 0.2) is 29.0 Å². The monoisotopic (exact) mass is 471 g/mol. The lowest BCUT2D eigenvalue weighted by Gasteiger charge is -2.46. The number of aliphatic hydroxyl groups is 3. The zero-order valence-electron chi connectivity index (χ0n) is 18.8. The van der Waals surface area contributed by atoms with Crippen molar-refractivity contribution in [1.29, 1.82) is 0 Å². The Morgan fingerprint density at radius 2 is 1.82 bits per heavy atom. The number of phenols is 1. The molecule has 0 aliphatic heterocycles. The van der Waals surface area contributed by atoms with Gasteiger partial charge in [-0.25, -0.2) is 0 Å². The van der Waals surface area contributed by atoms with Crippen LogP contribution < -0.4 is 10.6 Å². The standard InChI is InChI=1S/C24H26N2O8/c1-26(2)9-13(27)6-10-3-4-15(28)18-14(10)7-11-5-12-8-16(29)19(23(25)33)22(32)24(12,34)21(31)17(11)20(18)30/h3-4,11-12,28,30,32,34H,5-9H2,1-2H3,(H2,25,33)/p+1/t11-,12+,24+/m1/s1. The van der Waals surface area contributed by atoms with Crippen LogP contribution >= 0.6 is 0 Å². The van der Waals surface area contributed by atoms with E-state index in [1.807, 2.05) is 14.1 Å².